The van der Waals surface area contributed by atoms with Crippen LogP contribution >= 0.6 is 0 Å². The standard InChI is InChI=1S/C24H34N4O5S/c1-16-23(30)26-20(12-17-7-4-3-5-8-17)24(31)28-14-18-11-19(15-27(13-18)34(2,32)33)21(28)9-6-10-22(29)25-16/h3-5,7-8,16,18-21H,6,9-15H2,1-2H3,(H,25,29)(H,26,30)/t16-,18+,19-,20+,21+/m1/s1. The van der Waals surface area contributed by atoms with Crippen molar-refractivity contribution in [2.24, 2.45) is 11.8 Å². The average molecular weight is 491 g/mol. The third-order valence-corrected chi connectivity index (χ3v) is 8.50. The van der Waals surface area contributed by atoms with E-state index in [4.69, 9.17) is 0 Å². The van der Waals surface area contributed by atoms with E-state index in [2.05, 4.69) is 10.6 Å². The van der Waals surface area contributed by atoms with Crippen molar-refractivity contribution >= 4 is 27.7 Å². The van der Waals surface area contributed by atoms with Crippen molar-refractivity contribution in [1.29, 1.82) is 0 Å². The molecule has 3 heterocycles. The zero-order valence-corrected chi connectivity index (χ0v) is 20.6. The van der Waals surface area contributed by atoms with E-state index in [9.17, 15) is 22.8 Å². The summed E-state index contributed by atoms with van der Waals surface area (Å²) in [5, 5.41) is 5.61. The van der Waals surface area contributed by atoms with E-state index < -0.39 is 22.1 Å². The molecule has 186 valence electrons. The van der Waals surface area contributed by atoms with Crippen LogP contribution in [0.4, 0.5) is 0 Å². The van der Waals surface area contributed by atoms with Crippen molar-refractivity contribution in [2.45, 2.75) is 57.2 Å². The number of hydrogen-bond donors (Lipinski definition) is 2. The van der Waals surface area contributed by atoms with Gasteiger partial charge in [-0.05, 0) is 43.6 Å². The summed E-state index contributed by atoms with van der Waals surface area (Å²) in [6.07, 6.45) is 3.89. The Hall–Kier alpha value is -2.46. The number of hydrogen-bond acceptors (Lipinski definition) is 5. The second-order valence-electron chi connectivity index (χ2n) is 9.93. The Balaban J connectivity index is 1.65. The number of sulfonamides is 1. The molecule has 0 spiro atoms. The van der Waals surface area contributed by atoms with Gasteiger partial charge in [-0.15, -0.1) is 0 Å². The summed E-state index contributed by atoms with van der Waals surface area (Å²) >= 11 is 0. The van der Waals surface area contributed by atoms with Gasteiger partial charge in [0, 0.05) is 38.5 Å². The molecule has 2 bridgehead atoms. The van der Waals surface area contributed by atoms with Gasteiger partial charge in [-0.3, -0.25) is 14.4 Å². The Morgan fingerprint density at radius 2 is 1.76 bits per heavy atom. The quantitative estimate of drug-likeness (QED) is 0.641. The smallest absolute Gasteiger partial charge is 0.245 e. The van der Waals surface area contributed by atoms with E-state index in [0.29, 0.717) is 38.9 Å². The van der Waals surface area contributed by atoms with Crippen LogP contribution in [-0.2, 0) is 30.8 Å². The third-order valence-electron chi connectivity index (χ3n) is 7.26. The molecule has 1 aromatic rings. The highest BCUT2D eigenvalue weighted by molar-refractivity contribution is 7.88. The van der Waals surface area contributed by atoms with Crippen molar-refractivity contribution in [3.63, 3.8) is 0 Å². The van der Waals surface area contributed by atoms with Gasteiger partial charge in [0.2, 0.25) is 27.7 Å². The molecule has 0 unspecified atom stereocenters. The van der Waals surface area contributed by atoms with Crippen molar-refractivity contribution in [3.8, 4) is 0 Å². The Morgan fingerprint density at radius 3 is 2.47 bits per heavy atom. The SMILES string of the molecule is C[C@H]1NC(=O)CCC[C@H]2[C@@H]3C[C@H](CN2C(=O)[C@H](Cc2ccccc2)NC1=O)CN(S(C)(=O)=O)C3. The van der Waals surface area contributed by atoms with Crippen molar-refractivity contribution < 1.29 is 22.8 Å². The van der Waals surface area contributed by atoms with E-state index in [1.165, 1.54) is 10.6 Å². The lowest BCUT2D eigenvalue weighted by Crippen LogP contribution is -2.63. The molecule has 3 aliphatic rings. The number of rotatable bonds is 3. The monoisotopic (exact) mass is 490 g/mol. The van der Waals surface area contributed by atoms with Gasteiger partial charge in [0.15, 0.2) is 0 Å². The van der Waals surface area contributed by atoms with Crippen LogP contribution in [0.1, 0.15) is 38.2 Å². The molecule has 0 aliphatic carbocycles. The molecule has 4 rings (SSSR count). The van der Waals surface area contributed by atoms with Crippen LogP contribution in [0.15, 0.2) is 30.3 Å². The average Bonchev–Trinajstić information content (AvgIpc) is 2.78. The summed E-state index contributed by atoms with van der Waals surface area (Å²) < 4.78 is 26.0. The van der Waals surface area contributed by atoms with Crippen LogP contribution in [0.3, 0.4) is 0 Å². The molecule has 3 aliphatic heterocycles. The number of nitrogens with zero attached hydrogens (tertiary/aromatic N) is 2. The highest BCUT2D eigenvalue weighted by atomic mass is 32.2. The predicted molar refractivity (Wildman–Crippen MR) is 127 cm³/mol. The fourth-order valence-electron chi connectivity index (χ4n) is 5.59. The van der Waals surface area contributed by atoms with Crippen LogP contribution in [0.5, 0.6) is 0 Å². The lowest BCUT2D eigenvalue weighted by Gasteiger charge is -2.51. The molecule has 34 heavy (non-hydrogen) atoms. The molecule has 3 fully saturated rings. The van der Waals surface area contributed by atoms with E-state index in [-0.39, 0.29) is 42.0 Å². The van der Waals surface area contributed by atoms with Crippen molar-refractivity contribution in [3.05, 3.63) is 35.9 Å². The van der Waals surface area contributed by atoms with E-state index in [1.54, 1.807) is 6.92 Å². The van der Waals surface area contributed by atoms with E-state index in [0.717, 1.165) is 12.0 Å². The first-order valence-corrected chi connectivity index (χ1v) is 13.9. The van der Waals surface area contributed by atoms with Gasteiger partial charge in [0.1, 0.15) is 12.1 Å². The topological polar surface area (TPSA) is 116 Å². The second-order valence-corrected chi connectivity index (χ2v) is 11.9. The Kier molecular flexibility index (Phi) is 7.28. The first-order valence-electron chi connectivity index (χ1n) is 12.0. The van der Waals surface area contributed by atoms with E-state index >= 15 is 0 Å². The van der Waals surface area contributed by atoms with Crippen LogP contribution < -0.4 is 10.6 Å². The Labute approximate surface area is 201 Å². The molecule has 2 N–H and O–H groups in total. The third kappa shape index (κ3) is 5.60. The first kappa shape index (κ1) is 24.7. The number of benzene rings is 1. The van der Waals surface area contributed by atoms with Crippen LogP contribution in [0.25, 0.3) is 0 Å². The molecule has 1 aromatic carbocycles. The summed E-state index contributed by atoms with van der Waals surface area (Å²) in [6, 6.07) is 7.87. The molecule has 3 saturated heterocycles. The van der Waals surface area contributed by atoms with Gasteiger partial charge < -0.3 is 15.5 Å². The van der Waals surface area contributed by atoms with Crippen molar-refractivity contribution in [1.82, 2.24) is 19.8 Å². The van der Waals surface area contributed by atoms with Gasteiger partial charge in [-0.2, -0.15) is 0 Å². The minimum Gasteiger partial charge on any atom is -0.345 e. The van der Waals surface area contributed by atoms with Gasteiger partial charge in [-0.25, -0.2) is 12.7 Å². The number of amides is 3. The van der Waals surface area contributed by atoms with Gasteiger partial charge >= 0.3 is 0 Å². The summed E-state index contributed by atoms with van der Waals surface area (Å²) in [7, 11) is -3.32. The zero-order chi connectivity index (χ0) is 24.5. The van der Waals surface area contributed by atoms with Crippen molar-refractivity contribution in [2.75, 3.05) is 25.9 Å². The Bertz CT molecular complexity index is 1030. The van der Waals surface area contributed by atoms with Gasteiger partial charge in [0.05, 0.1) is 6.26 Å². The van der Waals surface area contributed by atoms with Gasteiger partial charge in [-0.1, -0.05) is 30.3 Å². The normalized spacial score (nSPS) is 31.5. The molecule has 9 nitrogen and oxygen atoms in total. The zero-order valence-electron chi connectivity index (χ0n) is 19.8. The summed E-state index contributed by atoms with van der Waals surface area (Å²) in [5.74, 6) is -0.666. The maximum absolute atomic E-state index is 13.9. The summed E-state index contributed by atoms with van der Waals surface area (Å²) in [6.45, 7) is 2.86. The predicted octanol–water partition coefficient (Wildman–Crippen LogP) is 0.511. The fraction of sp³-hybridized carbons (Fsp3) is 0.625. The molecule has 5 atom stereocenters. The van der Waals surface area contributed by atoms with E-state index in [1.807, 2.05) is 35.2 Å². The number of fused-ring (bicyclic) bond motifs is 4. The lowest BCUT2D eigenvalue weighted by molar-refractivity contribution is -0.145. The fourth-order valence-corrected chi connectivity index (χ4v) is 6.54. The largest absolute Gasteiger partial charge is 0.345 e. The molecule has 3 amide bonds. The minimum atomic E-state index is -3.32. The molecular formula is C24H34N4O5S. The van der Waals surface area contributed by atoms with Crippen LogP contribution in [0.2, 0.25) is 0 Å². The first-order chi connectivity index (χ1) is 16.1. The lowest BCUT2D eigenvalue weighted by atomic mass is 9.78. The number of carbonyl (C=O) groups is 3. The molecule has 0 saturated carbocycles. The number of nitrogens with one attached hydrogen (secondary N) is 2. The van der Waals surface area contributed by atoms with Crippen LogP contribution in [-0.4, -0.2) is 79.4 Å². The molecule has 0 aromatic heterocycles. The Morgan fingerprint density at radius 1 is 1.03 bits per heavy atom. The summed E-state index contributed by atoms with van der Waals surface area (Å²) in [5.41, 5.74) is 0.932. The second kappa shape index (κ2) is 10.0. The molecular weight excluding hydrogens is 456 g/mol. The minimum absolute atomic E-state index is 0.00387. The summed E-state index contributed by atoms with van der Waals surface area (Å²) in [4.78, 5) is 41.0. The highest BCUT2D eigenvalue weighted by Gasteiger charge is 2.45. The van der Waals surface area contributed by atoms with Gasteiger partial charge in [0.25, 0.3) is 0 Å². The molecule has 10 heteroatoms. The maximum atomic E-state index is 13.9. The maximum Gasteiger partial charge on any atom is 0.245 e. The number of carbonyl (C=O) groups excluding carboxylic acids is 3. The number of piperidine rings is 2. The highest BCUT2D eigenvalue weighted by Crippen LogP contribution is 2.36. The molecule has 0 radical (unpaired) electrons. The van der Waals surface area contributed by atoms with Crippen LogP contribution in [0, 0.1) is 11.8 Å².